The number of aryl methyl sites for hydroxylation is 1. The average molecular weight is 223 g/mol. The summed E-state index contributed by atoms with van der Waals surface area (Å²) in [6.45, 7) is 6.72. The van der Waals surface area contributed by atoms with Gasteiger partial charge in [0.2, 0.25) is 0 Å². The molecule has 0 spiro atoms. The number of hydrogen-bond acceptors (Lipinski definition) is 4. The molecule has 0 saturated carbocycles. The fourth-order valence-electron chi connectivity index (χ4n) is 1.93. The zero-order chi connectivity index (χ0) is 12.5. The minimum absolute atomic E-state index is 0.0538. The Morgan fingerprint density at radius 3 is 2.38 bits per heavy atom. The molecule has 1 atom stereocenters. The smallest absolute Gasteiger partial charge is 0.163 e. The molecule has 0 aromatic carbocycles. The van der Waals surface area contributed by atoms with E-state index in [1.807, 2.05) is 0 Å². The minimum atomic E-state index is -1.12. The Morgan fingerprint density at radius 1 is 1.44 bits per heavy atom. The van der Waals surface area contributed by atoms with Gasteiger partial charge in [0.05, 0.1) is 17.3 Å². The van der Waals surface area contributed by atoms with Gasteiger partial charge in [0.25, 0.3) is 0 Å². The molecule has 1 aromatic rings. The highest BCUT2D eigenvalue weighted by molar-refractivity contribution is 5.96. The number of rotatable bonds is 4. The van der Waals surface area contributed by atoms with Gasteiger partial charge in [0.15, 0.2) is 5.78 Å². The number of carbonyl (C=O) groups excluding carboxylic acids is 2. The fourth-order valence-corrected chi connectivity index (χ4v) is 1.93. The Labute approximate surface area is 94.1 Å². The van der Waals surface area contributed by atoms with E-state index >= 15 is 0 Å². The number of Topliss-reactive ketones (excluding diaryl/α,β-unsaturated/α-hetero) is 1. The van der Waals surface area contributed by atoms with Crippen molar-refractivity contribution in [3.8, 4) is 0 Å². The number of aromatic nitrogens is 2. The number of carbonyl (C=O) groups is 2. The molecule has 5 nitrogen and oxygen atoms in total. The first-order valence-corrected chi connectivity index (χ1v) is 5.11. The average Bonchev–Trinajstić information content (AvgIpc) is 2.40. The van der Waals surface area contributed by atoms with E-state index in [-0.39, 0.29) is 18.2 Å². The molecular formula is C11H15N2O3-. The highest BCUT2D eigenvalue weighted by atomic mass is 16.4. The lowest BCUT2D eigenvalue weighted by molar-refractivity contribution is -0.306. The van der Waals surface area contributed by atoms with Crippen molar-refractivity contribution in [1.82, 2.24) is 9.78 Å². The molecule has 1 aromatic heterocycles. The Balaban J connectivity index is 3.12. The van der Waals surface area contributed by atoms with Gasteiger partial charge in [-0.1, -0.05) is 0 Å². The van der Waals surface area contributed by atoms with E-state index < -0.39 is 5.97 Å². The van der Waals surface area contributed by atoms with Gasteiger partial charge in [0, 0.05) is 18.1 Å². The topological polar surface area (TPSA) is 75.0 Å². The summed E-state index contributed by atoms with van der Waals surface area (Å²) in [5, 5.41) is 14.7. The van der Waals surface area contributed by atoms with E-state index in [9.17, 15) is 14.7 Å². The highest BCUT2D eigenvalue weighted by Gasteiger charge is 2.18. The lowest BCUT2D eigenvalue weighted by Gasteiger charge is -2.14. The van der Waals surface area contributed by atoms with Crippen molar-refractivity contribution in [2.24, 2.45) is 0 Å². The van der Waals surface area contributed by atoms with E-state index in [2.05, 4.69) is 5.10 Å². The van der Waals surface area contributed by atoms with Crippen LogP contribution < -0.4 is 5.11 Å². The van der Waals surface area contributed by atoms with Crippen LogP contribution in [0.5, 0.6) is 0 Å². The number of aliphatic carboxylic acids is 1. The van der Waals surface area contributed by atoms with Gasteiger partial charge in [-0.15, -0.1) is 0 Å². The largest absolute Gasteiger partial charge is 0.550 e. The van der Waals surface area contributed by atoms with Crippen molar-refractivity contribution < 1.29 is 14.7 Å². The molecule has 1 heterocycles. The number of ketones is 1. The summed E-state index contributed by atoms with van der Waals surface area (Å²) in [4.78, 5) is 21.9. The molecule has 16 heavy (non-hydrogen) atoms. The summed E-state index contributed by atoms with van der Waals surface area (Å²) in [5.74, 6) is -1.17. The Kier molecular flexibility index (Phi) is 3.47. The molecule has 0 saturated heterocycles. The van der Waals surface area contributed by atoms with E-state index in [1.165, 1.54) is 6.92 Å². The maximum atomic E-state index is 11.4. The van der Waals surface area contributed by atoms with Crippen molar-refractivity contribution in [3.63, 3.8) is 0 Å². The molecule has 0 aliphatic carbocycles. The minimum Gasteiger partial charge on any atom is -0.550 e. The molecule has 0 fully saturated rings. The van der Waals surface area contributed by atoms with Crippen molar-refractivity contribution >= 4 is 11.8 Å². The molecule has 5 heteroatoms. The van der Waals surface area contributed by atoms with Crippen LogP contribution in [-0.4, -0.2) is 21.5 Å². The molecular weight excluding hydrogens is 208 g/mol. The van der Waals surface area contributed by atoms with Crippen LogP contribution in [-0.2, 0) is 4.79 Å². The maximum Gasteiger partial charge on any atom is 0.163 e. The van der Waals surface area contributed by atoms with E-state index in [0.29, 0.717) is 17.0 Å². The second kappa shape index (κ2) is 4.47. The summed E-state index contributed by atoms with van der Waals surface area (Å²) < 4.78 is 1.57. The SMILES string of the molecule is CC(=O)c1c(C)nn(C(C)CC(=O)[O-])c1C. The summed E-state index contributed by atoms with van der Waals surface area (Å²) in [7, 11) is 0. The van der Waals surface area contributed by atoms with Gasteiger partial charge < -0.3 is 9.90 Å². The zero-order valence-electron chi connectivity index (χ0n) is 9.90. The summed E-state index contributed by atoms with van der Waals surface area (Å²) in [6, 6.07) is -0.309. The second-order valence-corrected chi connectivity index (χ2v) is 3.97. The van der Waals surface area contributed by atoms with Crippen LogP contribution in [0.4, 0.5) is 0 Å². The quantitative estimate of drug-likeness (QED) is 0.692. The Morgan fingerprint density at radius 2 is 2.00 bits per heavy atom. The highest BCUT2D eigenvalue weighted by Crippen LogP contribution is 2.19. The van der Waals surface area contributed by atoms with Crippen LogP contribution in [0.25, 0.3) is 0 Å². The first-order chi connectivity index (χ1) is 7.34. The Hall–Kier alpha value is -1.65. The van der Waals surface area contributed by atoms with Gasteiger partial charge >= 0.3 is 0 Å². The van der Waals surface area contributed by atoms with Crippen LogP contribution in [0.2, 0.25) is 0 Å². The van der Waals surface area contributed by atoms with Crippen LogP contribution >= 0.6 is 0 Å². The van der Waals surface area contributed by atoms with Crippen molar-refractivity contribution in [2.75, 3.05) is 0 Å². The van der Waals surface area contributed by atoms with E-state index in [0.717, 1.165) is 0 Å². The number of carboxylic acid groups (broad SMARTS) is 1. The molecule has 0 bridgehead atoms. The van der Waals surface area contributed by atoms with Crippen molar-refractivity contribution in [3.05, 3.63) is 17.0 Å². The van der Waals surface area contributed by atoms with Crippen LogP contribution in [0, 0.1) is 13.8 Å². The van der Waals surface area contributed by atoms with Gasteiger partial charge in [0.1, 0.15) is 0 Å². The predicted molar refractivity (Wildman–Crippen MR) is 56.0 cm³/mol. The third kappa shape index (κ3) is 2.29. The second-order valence-electron chi connectivity index (χ2n) is 3.97. The van der Waals surface area contributed by atoms with E-state index in [1.54, 1.807) is 25.5 Å². The molecule has 0 radical (unpaired) electrons. The van der Waals surface area contributed by atoms with Crippen molar-refractivity contribution in [2.45, 2.75) is 40.2 Å². The van der Waals surface area contributed by atoms with Crippen LogP contribution in [0.3, 0.4) is 0 Å². The molecule has 0 aliphatic rings. The van der Waals surface area contributed by atoms with Gasteiger partial charge in [-0.25, -0.2) is 0 Å². The van der Waals surface area contributed by atoms with Gasteiger partial charge in [-0.2, -0.15) is 5.10 Å². The van der Waals surface area contributed by atoms with E-state index in [4.69, 9.17) is 0 Å². The Bertz CT molecular complexity index is 435. The summed E-state index contributed by atoms with van der Waals surface area (Å²) in [5.41, 5.74) is 1.92. The summed E-state index contributed by atoms with van der Waals surface area (Å²) >= 11 is 0. The van der Waals surface area contributed by atoms with Crippen molar-refractivity contribution in [1.29, 1.82) is 0 Å². The zero-order valence-corrected chi connectivity index (χ0v) is 9.90. The molecule has 0 amide bonds. The molecule has 0 aliphatic heterocycles. The third-order valence-electron chi connectivity index (χ3n) is 2.56. The molecule has 1 unspecified atom stereocenters. The number of carboxylic acids is 1. The number of hydrogen-bond donors (Lipinski definition) is 0. The first kappa shape index (κ1) is 12.4. The molecule has 88 valence electrons. The lowest BCUT2D eigenvalue weighted by atomic mass is 10.1. The maximum absolute atomic E-state index is 11.4. The third-order valence-corrected chi connectivity index (χ3v) is 2.56. The first-order valence-electron chi connectivity index (χ1n) is 5.11. The number of nitrogens with zero attached hydrogens (tertiary/aromatic N) is 2. The van der Waals surface area contributed by atoms with Gasteiger partial charge in [-0.05, 0) is 27.7 Å². The standard InChI is InChI=1S/C11H16N2O3/c1-6(5-10(15)16)13-8(3)11(9(4)14)7(2)12-13/h6H,5H2,1-4H3,(H,15,16)/p-1. The van der Waals surface area contributed by atoms with Crippen LogP contribution in [0.1, 0.15) is 48.1 Å². The normalized spacial score (nSPS) is 12.5. The molecule has 0 N–H and O–H groups in total. The summed E-state index contributed by atoms with van der Waals surface area (Å²) in [6.07, 6.45) is -0.112. The van der Waals surface area contributed by atoms with Gasteiger partial charge in [-0.3, -0.25) is 9.48 Å². The molecule has 1 rings (SSSR count). The van der Waals surface area contributed by atoms with Crippen LogP contribution in [0.15, 0.2) is 0 Å². The fraction of sp³-hybridized carbons (Fsp3) is 0.545. The monoisotopic (exact) mass is 223 g/mol. The lowest BCUT2D eigenvalue weighted by Crippen LogP contribution is -2.26. The predicted octanol–water partition coefficient (Wildman–Crippen LogP) is 0.404.